The average Bonchev–Trinajstić information content (AvgIpc) is 3.24. The molecule has 0 aliphatic heterocycles. The Hall–Kier alpha value is -4.75. The highest BCUT2D eigenvalue weighted by Crippen LogP contribution is 2.33. The number of hydrogen-bond donors (Lipinski definition) is 4. The predicted molar refractivity (Wildman–Crippen MR) is 123 cm³/mol. The molecule has 0 radical (unpaired) electrons. The monoisotopic (exact) mass is 502 g/mol. The number of pyridine rings is 1. The second-order valence-corrected chi connectivity index (χ2v) is 7.36. The Morgan fingerprint density at radius 3 is 2.50 bits per heavy atom. The van der Waals surface area contributed by atoms with E-state index in [0.717, 1.165) is 12.1 Å². The van der Waals surface area contributed by atoms with Crippen molar-refractivity contribution < 1.29 is 27.2 Å². The zero-order chi connectivity index (χ0) is 25.9. The third kappa shape index (κ3) is 5.16. The molecule has 0 saturated heterocycles. The molecule has 0 aliphatic carbocycles. The Kier molecular flexibility index (Phi) is 6.67. The maximum Gasteiger partial charge on any atom is 0.433 e. The molecule has 0 spiro atoms. The van der Waals surface area contributed by atoms with E-state index in [1.54, 1.807) is 12.1 Å². The van der Waals surface area contributed by atoms with Gasteiger partial charge in [0.25, 0.3) is 5.91 Å². The summed E-state index contributed by atoms with van der Waals surface area (Å²) in [5, 5.41) is 11.2. The van der Waals surface area contributed by atoms with Crippen LogP contribution >= 0.6 is 0 Å². The highest BCUT2D eigenvalue weighted by molar-refractivity contribution is 6.07. The quantitative estimate of drug-likeness (QED) is 0.296. The maximum atomic E-state index is 12.8. The van der Waals surface area contributed by atoms with Crippen molar-refractivity contribution in [2.75, 3.05) is 29.6 Å². The number of aromatic nitrogens is 4. The van der Waals surface area contributed by atoms with Crippen molar-refractivity contribution in [1.82, 2.24) is 24.9 Å². The summed E-state index contributed by atoms with van der Waals surface area (Å²) in [5.74, 6) is -0.707. The molecule has 36 heavy (non-hydrogen) atoms. The molecule has 0 aliphatic rings. The van der Waals surface area contributed by atoms with Crippen molar-refractivity contribution in [2.45, 2.75) is 6.18 Å². The molecule has 0 atom stereocenters. The van der Waals surface area contributed by atoms with Crippen LogP contribution in [0.1, 0.15) is 16.1 Å². The van der Waals surface area contributed by atoms with E-state index in [2.05, 4.69) is 31.0 Å². The number of nitrogens with two attached hydrogens (primary N) is 1. The Morgan fingerprint density at radius 1 is 1.06 bits per heavy atom. The van der Waals surface area contributed by atoms with Gasteiger partial charge < -0.3 is 16.4 Å². The topological polar surface area (TPSA) is 139 Å². The van der Waals surface area contributed by atoms with E-state index < -0.39 is 30.5 Å². The number of fused-ring (bicyclic) bond motifs is 1. The second-order valence-electron chi connectivity index (χ2n) is 7.36. The number of urea groups is 1. The maximum absolute atomic E-state index is 12.8. The van der Waals surface area contributed by atoms with Crippen LogP contribution in [0.3, 0.4) is 0 Å². The Labute approximate surface area is 200 Å². The molecule has 3 aromatic heterocycles. The van der Waals surface area contributed by atoms with Gasteiger partial charge in [-0.3, -0.25) is 10.1 Å². The third-order valence-corrected chi connectivity index (χ3v) is 4.94. The normalized spacial score (nSPS) is 11.3. The number of carbonyl (C=O) groups is 2. The molecule has 14 heteroatoms. The van der Waals surface area contributed by atoms with Crippen LogP contribution in [0.15, 0.2) is 55.0 Å². The van der Waals surface area contributed by atoms with Crippen LogP contribution in [0.5, 0.6) is 0 Å². The number of nitrogen functional groups attached to an aromatic ring is 1. The fourth-order valence-electron chi connectivity index (χ4n) is 3.42. The van der Waals surface area contributed by atoms with Gasteiger partial charge in [-0.25, -0.2) is 23.7 Å². The number of benzene rings is 1. The predicted octanol–water partition coefficient (Wildman–Crippen LogP) is 3.74. The minimum absolute atomic E-state index is 0.111. The van der Waals surface area contributed by atoms with Crippen molar-refractivity contribution in [3.05, 3.63) is 66.2 Å². The molecule has 0 saturated carbocycles. The number of hydrogen-bond acceptors (Lipinski definition) is 6. The first-order chi connectivity index (χ1) is 17.2. The van der Waals surface area contributed by atoms with Gasteiger partial charge in [0.15, 0.2) is 5.82 Å². The fraction of sp³-hybridized carbons (Fsp3) is 0.136. The number of amides is 3. The summed E-state index contributed by atoms with van der Waals surface area (Å²) in [7, 11) is 0. The van der Waals surface area contributed by atoms with Gasteiger partial charge in [0.2, 0.25) is 0 Å². The van der Waals surface area contributed by atoms with Gasteiger partial charge in [0.1, 0.15) is 30.0 Å². The first kappa shape index (κ1) is 24.4. The van der Waals surface area contributed by atoms with Crippen LogP contribution < -0.4 is 21.7 Å². The summed E-state index contributed by atoms with van der Waals surface area (Å²) in [4.78, 5) is 32.2. The molecule has 4 rings (SSSR count). The zero-order valence-electron chi connectivity index (χ0n) is 18.3. The van der Waals surface area contributed by atoms with Crippen LogP contribution in [-0.4, -0.2) is 44.7 Å². The van der Waals surface area contributed by atoms with E-state index in [-0.39, 0.29) is 23.7 Å². The molecule has 3 amide bonds. The Balaban J connectivity index is 1.57. The first-order valence-electron chi connectivity index (χ1n) is 10.4. The van der Waals surface area contributed by atoms with Crippen molar-refractivity contribution in [3.63, 3.8) is 0 Å². The number of carbonyl (C=O) groups excluding carboxylic acids is 2. The summed E-state index contributed by atoms with van der Waals surface area (Å²) >= 11 is 0. The van der Waals surface area contributed by atoms with E-state index in [9.17, 15) is 27.2 Å². The summed E-state index contributed by atoms with van der Waals surface area (Å²) in [6.07, 6.45) is -1.98. The summed E-state index contributed by atoms with van der Waals surface area (Å²) in [6.45, 7) is -0.917. The van der Waals surface area contributed by atoms with Crippen molar-refractivity contribution >= 4 is 34.8 Å². The van der Waals surface area contributed by atoms with Crippen LogP contribution in [-0.2, 0) is 6.18 Å². The van der Waals surface area contributed by atoms with Crippen LogP contribution in [0.2, 0.25) is 0 Å². The lowest BCUT2D eigenvalue weighted by Crippen LogP contribution is -2.25. The Morgan fingerprint density at radius 2 is 1.81 bits per heavy atom. The molecular formula is C22H18F4N8O2. The molecule has 5 N–H and O–H groups in total. The first-order valence-corrected chi connectivity index (χ1v) is 10.4. The lowest BCUT2D eigenvalue weighted by molar-refractivity contribution is -0.141. The van der Waals surface area contributed by atoms with Crippen LogP contribution in [0, 0.1) is 0 Å². The average molecular weight is 502 g/mol. The van der Waals surface area contributed by atoms with E-state index in [4.69, 9.17) is 5.73 Å². The molecule has 1 aromatic carbocycles. The van der Waals surface area contributed by atoms with E-state index in [1.165, 1.54) is 35.2 Å². The number of alkyl halides is 4. The third-order valence-electron chi connectivity index (χ3n) is 4.94. The van der Waals surface area contributed by atoms with Gasteiger partial charge >= 0.3 is 12.2 Å². The minimum atomic E-state index is -4.65. The van der Waals surface area contributed by atoms with Gasteiger partial charge in [-0.15, -0.1) is 0 Å². The van der Waals surface area contributed by atoms with Gasteiger partial charge in [-0.1, -0.05) is 18.2 Å². The number of rotatable bonds is 6. The Bertz CT molecular complexity index is 1420. The second kappa shape index (κ2) is 9.85. The van der Waals surface area contributed by atoms with E-state index >= 15 is 0 Å². The van der Waals surface area contributed by atoms with Crippen LogP contribution in [0.25, 0.3) is 16.6 Å². The van der Waals surface area contributed by atoms with Crippen molar-refractivity contribution in [1.29, 1.82) is 0 Å². The molecule has 186 valence electrons. The highest BCUT2D eigenvalue weighted by Gasteiger charge is 2.32. The van der Waals surface area contributed by atoms with Gasteiger partial charge in [-0.05, 0) is 29.8 Å². The molecule has 10 nitrogen and oxygen atoms in total. The number of halogens is 4. The molecule has 0 fully saturated rings. The SMILES string of the molecule is Nc1ncnn2cc(C(=O)NCCF)c(-c3ccc(NC(=O)Nc4cccc(C(F)(F)F)n4)cc3)c12. The summed E-state index contributed by atoms with van der Waals surface area (Å²) < 4.78 is 52.4. The van der Waals surface area contributed by atoms with Gasteiger partial charge in [0, 0.05) is 24.0 Å². The number of nitrogens with one attached hydrogen (secondary N) is 3. The smallest absolute Gasteiger partial charge is 0.382 e. The largest absolute Gasteiger partial charge is 0.433 e. The van der Waals surface area contributed by atoms with Crippen molar-refractivity contribution in [3.8, 4) is 11.1 Å². The zero-order valence-corrected chi connectivity index (χ0v) is 18.3. The number of anilines is 3. The lowest BCUT2D eigenvalue weighted by atomic mass is 10.0. The molecule has 0 unspecified atom stereocenters. The standard InChI is InChI=1S/C22H18F4N8O2/c23-8-9-28-20(35)14-10-34-18(19(27)29-11-30-34)17(14)12-4-6-13(7-5-12)31-21(36)33-16-3-1-2-15(32-16)22(24,25)26/h1-7,10-11H,8-9H2,(H,28,35)(H2,27,29,30)(H2,31,32,33,36). The fourth-order valence-corrected chi connectivity index (χ4v) is 3.42. The number of nitrogens with zero attached hydrogens (tertiary/aromatic N) is 4. The van der Waals surface area contributed by atoms with Crippen LogP contribution in [0.4, 0.5) is 39.7 Å². The van der Waals surface area contributed by atoms with Gasteiger partial charge in [-0.2, -0.15) is 18.3 Å². The van der Waals surface area contributed by atoms with Crippen molar-refractivity contribution in [2.24, 2.45) is 0 Å². The molecule has 0 bridgehead atoms. The summed E-state index contributed by atoms with van der Waals surface area (Å²) in [5.41, 5.74) is 6.64. The van der Waals surface area contributed by atoms with E-state index in [0.29, 0.717) is 22.3 Å². The molecule has 3 heterocycles. The van der Waals surface area contributed by atoms with Gasteiger partial charge in [0.05, 0.1) is 5.56 Å². The molecule has 4 aromatic rings. The highest BCUT2D eigenvalue weighted by atomic mass is 19.4. The summed E-state index contributed by atoms with van der Waals surface area (Å²) in [6, 6.07) is 8.53. The minimum Gasteiger partial charge on any atom is -0.382 e. The lowest BCUT2D eigenvalue weighted by Gasteiger charge is -2.11. The molecular weight excluding hydrogens is 484 g/mol. The van der Waals surface area contributed by atoms with E-state index in [1.807, 2.05) is 0 Å².